The van der Waals surface area contributed by atoms with Crippen LogP contribution in [0.15, 0.2) is 72.8 Å². The van der Waals surface area contributed by atoms with E-state index in [1.165, 1.54) is 49.9 Å². The summed E-state index contributed by atoms with van der Waals surface area (Å²) in [6.45, 7) is 18.3. The normalized spacial score (nSPS) is 12.6. The Kier molecular flexibility index (Phi) is 13.8. The zero-order chi connectivity index (χ0) is 29.9. The van der Waals surface area contributed by atoms with Gasteiger partial charge < -0.3 is 24.8 Å². The molecule has 0 amide bonds. The minimum Gasteiger partial charge on any atom is -1.00 e. The molecule has 42 heavy (non-hydrogen) atoms. The number of rotatable bonds is 1. The Labute approximate surface area is 277 Å². The minimum atomic E-state index is -4.23. The molecule has 0 atom stereocenters. The maximum absolute atomic E-state index is 12.1. The first-order valence-electron chi connectivity index (χ1n) is 13.6. The van der Waals surface area contributed by atoms with Gasteiger partial charge in [0.25, 0.3) is 0 Å². The number of allylic oxidation sites excluding steroid dienone is 4. The largest absolute Gasteiger partial charge is 1.00 e. The van der Waals surface area contributed by atoms with E-state index in [2.05, 4.69) is 97.9 Å². The maximum atomic E-state index is 12.1. The number of hydrogen-bond acceptors (Lipinski definition) is 0. The Balaban J connectivity index is 0.000000389. The zero-order valence-electron chi connectivity index (χ0n) is 25.6. The van der Waals surface area contributed by atoms with Gasteiger partial charge in [0.1, 0.15) is 0 Å². The smallest absolute Gasteiger partial charge is 0.109 e. The molecule has 0 aliphatic heterocycles. The van der Waals surface area contributed by atoms with Gasteiger partial charge in [-0.15, -0.1) is 46.2 Å². The molecule has 0 saturated carbocycles. The first kappa shape index (κ1) is 38.2. The molecule has 0 bridgehead atoms. The van der Waals surface area contributed by atoms with Crippen LogP contribution >= 0.6 is 0 Å². The van der Waals surface area contributed by atoms with Crippen LogP contribution in [0.1, 0.15) is 81.3 Å². The molecule has 0 radical (unpaired) electrons. The van der Waals surface area contributed by atoms with Crippen molar-refractivity contribution in [3.05, 3.63) is 112 Å². The summed E-state index contributed by atoms with van der Waals surface area (Å²) in [5, 5.41) is 5.55. The maximum Gasteiger partial charge on any atom is -0.109 e. The Hall–Kier alpha value is -1.87. The van der Waals surface area contributed by atoms with Crippen molar-refractivity contribution in [1.82, 2.24) is 0 Å². The Morgan fingerprint density at radius 2 is 1.29 bits per heavy atom. The van der Waals surface area contributed by atoms with Crippen LogP contribution in [0.3, 0.4) is 0 Å². The van der Waals surface area contributed by atoms with E-state index in [4.69, 9.17) is 0 Å². The second kappa shape index (κ2) is 15.2. The van der Waals surface area contributed by atoms with Gasteiger partial charge in [0, 0.05) is 0 Å². The molecule has 0 aromatic heterocycles. The van der Waals surface area contributed by atoms with Crippen LogP contribution in [0.2, 0.25) is 0 Å². The minimum absolute atomic E-state index is 0. The van der Waals surface area contributed by atoms with E-state index in [1.807, 2.05) is 12.2 Å². The molecular formula is C36H39Cl2F3Zr-2. The van der Waals surface area contributed by atoms with Crippen LogP contribution in [0.5, 0.6) is 0 Å². The predicted octanol–water partition coefficient (Wildman–Crippen LogP) is 4.64. The number of hydrogen-bond donors (Lipinski definition) is 0. The summed E-state index contributed by atoms with van der Waals surface area (Å²) in [7, 11) is 0. The first-order valence-corrected chi connectivity index (χ1v) is 15.0. The number of fused-ring (bicyclic) bond motifs is 3. The van der Waals surface area contributed by atoms with Crippen molar-refractivity contribution in [3.8, 4) is 0 Å². The summed E-state index contributed by atoms with van der Waals surface area (Å²) < 4.78 is 38.0. The number of benzene rings is 3. The van der Waals surface area contributed by atoms with Crippen LogP contribution in [0.25, 0.3) is 21.5 Å². The fourth-order valence-corrected chi connectivity index (χ4v) is 5.54. The molecule has 4 aromatic rings. The molecule has 5 rings (SSSR count). The van der Waals surface area contributed by atoms with E-state index in [9.17, 15) is 13.2 Å². The Morgan fingerprint density at radius 1 is 0.786 bits per heavy atom. The topological polar surface area (TPSA) is 0 Å². The van der Waals surface area contributed by atoms with Gasteiger partial charge in [-0.1, -0.05) is 75.9 Å². The molecular weight excluding hydrogens is 652 g/mol. The van der Waals surface area contributed by atoms with Crippen molar-refractivity contribution < 1.29 is 62.2 Å². The molecule has 224 valence electrons. The van der Waals surface area contributed by atoms with E-state index in [-0.39, 0.29) is 35.6 Å². The quantitative estimate of drug-likeness (QED) is 0.256. The van der Waals surface area contributed by atoms with Gasteiger partial charge >= 0.3 is 82.7 Å². The van der Waals surface area contributed by atoms with Crippen molar-refractivity contribution in [3.63, 3.8) is 0 Å². The van der Waals surface area contributed by atoms with Gasteiger partial charge in [-0.2, -0.15) is 6.08 Å². The summed E-state index contributed by atoms with van der Waals surface area (Å²) >= 11 is 1.10. The average Bonchev–Trinajstić information content (AvgIpc) is 3.53. The van der Waals surface area contributed by atoms with Crippen molar-refractivity contribution >= 4 is 25.3 Å². The molecule has 0 nitrogen and oxygen atoms in total. The third-order valence-corrected chi connectivity index (χ3v) is 7.80. The second-order valence-corrected chi connectivity index (χ2v) is 13.1. The summed E-state index contributed by atoms with van der Waals surface area (Å²) in [5.41, 5.74) is 6.10. The third kappa shape index (κ3) is 9.83. The molecule has 0 spiro atoms. The van der Waals surface area contributed by atoms with E-state index in [0.29, 0.717) is 5.56 Å². The van der Waals surface area contributed by atoms with Crippen molar-refractivity contribution in [1.29, 1.82) is 0 Å². The second-order valence-electron chi connectivity index (χ2n) is 12.4. The van der Waals surface area contributed by atoms with E-state index in [0.717, 1.165) is 42.8 Å². The van der Waals surface area contributed by atoms with Gasteiger partial charge in [-0.25, -0.2) is 12.2 Å². The standard InChI is InChI=1S/C23H29.C8H5F3.C5H5.2ClH.Zr/c1-14-9-16-11-17-10-15(2)21(23(6,7)8)13-19(17)18(16)12-20(14)22(3,4)5;1-6-3-2-4-7(5-6)8(9,10)11;1-2-4-5-3-1;;;/h9-13H,1-8H3;1-5H;1-3H,4H2;2*1H;/q-1;;-1;;;+2/p-2. The predicted molar refractivity (Wildman–Crippen MR) is 162 cm³/mol. The van der Waals surface area contributed by atoms with Crippen LogP contribution in [0.4, 0.5) is 13.2 Å². The molecule has 6 heteroatoms. The van der Waals surface area contributed by atoms with Gasteiger partial charge in [0.05, 0.1) is 0 Å². The number of alkyl halides is 3. The van der Waals surface area contributed by atoms with Gasteiger partial charge in [-0.3, -0.25) is 6.08 Å². The molecule has 0 saturated heterocycles. The van der Waals surface area contributed by atoms with Crippen LogP contribution < -0.4 is 24.8 Å². The van der Waals surface area contributed by atoms with Crippen molar-refractivity contribution in [2.24, 2.45) is 0 Å². The van der Waals surface area contributed by atoms with Gasteiger partial charge in [-0.05, 0) is 24.7 Å². The fourth-order valence-electron chi connectivity index (χ4n) is 5.09. The monoisotopic (exact) mass is 688 g/mol. The third-order valence-electron chi connectivity index (χ3n) is 6.98. The zero-order valence-corrected chi connectivity index (χ0v) is 29.6. The van der Waals surface area contributed by atoms with Crippen LogP contribution in [0, 0.1) is 19.9 Å². The molecule has 0 fully saturated rings. The summed E-state index contributed by atoms with van der Waals surface area (Å²) in [6.07, 6.45) is 5.77. The molecule has 1 aliphatic rings. The van der Waals surface area contributed by atoms with Crippen LogP contribution in [-0.4, -0.2) is 3.71 Å². The Bertz CT molecular complexity index is 1480. The summed E-state index contributed by atoms with van der Waals surface area (Å²) in [6, 6.07) is 17.2. The number of aryl methyl sites for hydroxylation is 2. The molecule has 1 aliphatic carbocycles. The molecule has 0 N–H and O–H groups in total. The molecule has 0 unspecified atom stereocenters. The van der Waals surface area contributed by atoms with Crippen LogP contribution in [-0.2, 0) is 41.2 Å². The van der Waals surface area contributed by atoms with E-state index >= 15 is 0 Å². The van der Waals surface area contributed by atoms with Crippen molar-refractivity contribution in [2.45, 2.75) is 78.8 Å². The first-order chi connectivity index (χ1) is 18.5. The fraction of sp³-hybridized carbons (Fsp3) is 0.333. The van der Waals surface area contributed by atoms with E-state index < -0.39 is 11.7 Å². The SMILES string of the molecule is Cc1cc2[cH-]c3cc(C)c(C(C)(C)C)cc3c2cc1C(C)(C)C.FC(F)(F)c1cccc([CH]=[Zr+2])c1.[C-]1=CC=CC1.[Cl-].[Cl-]. The molecule has 4 aromatic carbocycles. The molecule has 0 heterocycles. The van der Waals surface area contributed by atoms with Crippen molar-refractivity contribution in [2.75, 3.05) is 0 Å². The summed E-state index contributed by atoms with van der Waals surface area (Å²) in [5.74, 6) is 0. The number of halogens is 5. The van der Waals surface area contributed by atoms with Gasteiger partial charge in [0.15, 0.2) is 0 Å². The average molecular weight is 691 g/mol. The van der Waals surface area contributed by atoms with Gasteiger partial charge in [0.2, 0.25) is 0 Å². The Morgan fingerprint density at radius 3 is 1.62 bits per heavy atom. The van der Waals surface area contributed by atoms with E-state index in [1.54, 1.807) is 9.78 Å². The summed E-state index contributed by atoms with van der Waals surface area (Å²) in [4.78, 5) is 0.